The van der Waals surface area contributed by atoms with Crippen molar-refractivity contribution in [3.05, 3.63) is 78.4 Å². The lowest BCUT2D eigenvalue weighted by Crippen LogP contribution is -2.38. The van der Waals surface area contributed by atoms with Gasteiger partial charge in [0, 0.05) is 0 Å². The zero-order valence-corrected chi connectivity index (χ0v) is 19.0. The molecule has 0 aromatic heterocycles. The Balaban J connectivity index is 1.36. The number of amides is 2. The number of rotatable bonds is 7. The highest BCUT2D eigenvalue weighted by Gasteiger charge is 2.27. The first kappa shape index (κ1) is 22.4. The fourth-order valence-electron chi connectivity index (χ4n) is 3.73. The monoisotopic (exact) mass is 444 g/mol. The molecule has 3 aromatic rings. The van der Waals surface area contributed by atoms with Crippen molar-refractivity contribution in [3.8, 4) is 22.6 Å². The first-order chi connectivity index (χ1) is 15.9. The van der Waals surface area contributed by atoms with Crippen LogP contribution in [0.3, 0.4) is 0 Å². The molecule has 0 aliphatic carbocycles. The van der Waals surface area contributed by atoms with Crippen LogP contribution in [0.5, 0.6) is 11.5 Å². The molecule has 2 amide bonds. The lowest BCUT2D eigenvalue weighted by molar-refractivity contribution is -0.128. The number of ether oxygens (including phenoxy) is 2. The van der Waals surface area contributed by atoms with Crippen molar-refractivity contribution in [2.75, 3.05) is 5.32 Å². The van der Waals surface area contributed by atoms with Crippen LogP contribution in [0.1, 0.15) is 38.8 Å². The Bertz CT molecular complexity index is 1130. The molecule has 0 bridgehead atoms. The zero-order chi connectivity index (χ0) is 23.4. The van der Waals surface area contributed by atoms with Crippen LogP contribution in [-0.4, -0.2) is 24.0 Å². The van der Waals surface area contributed by atoms with E-state index in [-0.39, 0.29) is 17.9 Å². The van der Waals surface area contributed by atoms with E-state index in [0.717, 1.165) is 16.7 Å². The van der Waals surface area contributed by atoms with Crippen molar-refractivity contribution in [2.24, 2.45) is 0 Å². The molecule has 1 aliphatic heterocycles. The molecule has 6 heteroatoms. The standard InChI is InChI=1S/C27H28N2O4/c1-4-24-27(31)29-23-15-12-21(16-25(23)33-24)17(2)28-26(30)18(3)32-22-13-10-20(11-14-22)19-8-6-5-7-9-19/h5-18,24H,4H2,1-3H3,(H,28,30)(H,29,31)/t17-,18-,24-/m0/s1. The first-order valence-electron chi connectivity index (χ1n) is 11.2. The summed E-state index contributed by atoms with van der Waals surface area (Å²) in [5.74, 6) is 0.895. The highest BCUT2D eigenvalue weighted by Crippen LogP contribution is 2.33. The smallest absolute Gasteiger partial charge is 0.265 e. The predicted octanol–water partition coefficient (Wildman–Crippen LogP) is 5.11. The molecule has 0 saturated carbocycles. The summed E-state index contributed by atoms with van der Waals surface area (Å²) in [4.78, 5) is 24.7. The van der Waals surface area contributed by atoms with Gasteiger partial charge in [-0.2, -0.15) is 0 Å². The van der Waals surface area contributed by atoms with Gasteiger partial charge in [0.25, 0.3) is 11.8 Å². The van der Waals surface area contributed by atoms with E-state index in [1.807, 2.05) is 68.4 Å². The van der Waals surface area contributed by atoms with E-state index in [0.29, 0.717) is 23.6 Å². The number of nitrogens with one attached hydrogen (secondary N) is 2. The average Bonchev–Trinajstić information content (AvgIpc) is 2.84. The Morgan fingerprint density at radius 3 is 2.42 bits per heavy atom. The van der Waals surface area contributed by atoms with E-state index in [9.17, 15) is 9.59 Å². The molecule has 170 valence electrons. The third kappa shape index (κ3) is 5.17. The highest BCUT2D eigenvalue weighted by atomic mass is 16.5. The van der Waals surface area contributed by atoms with E-state index >= 15 is 0 Å². The summed E-state index contributed by atoms with van der Waals surface area (Å²) in [6.07, 6.45) is -0.574. The van der Waals surface area contributed by atoms with E-state index in [1.165, 1.54) is 0 Å². The van der Waals surface area contributed by atoms with Gasteiger partial charge in [0.1, 0.15) is 11.5 Å². The first-order valence-corrected chi connectivity index (χ1v) is 11.2. The molecule has 4 rings (SSSR count). The largest absolute Gasteiger partial charge is 0.481 e. The predicted molar refractivity (Wildman–Crippen MR) is 128 cm³/mol. The Morgan fingerprint density at radius 1 is 1.03 bits per heavy atom. The van der Waals surface area contributed by atoms with Gasteiger partial charge in [0.15, 0.2) is 12.2 Å². The van der Waals surface area contributed by atoms with Crippen LogP contribution in [0.15, 0.2) is 72.8 Å². The summed E-state index contributed by atoms with van der Waals surface area (Å²) in [5.41, 5.74) is 3.74. The molecule has 0 radical (unpaired) electrons. The molecular weight excluding hydrogens is 416 g/mol. The summed E-state index contributed by atoms with van der Waals surface area (Å²) in [6.45, 7) is 5.53. The van der Waals surface area contributed by atoms with Gasteiger partial charge in [0.2, 0.25) is 0 Å². The molecule has 6 nitrogen and oxygen atoms in total. The Morgan fingerprint density at radius 2 is 1.73 bits per heavy atom. The van der Waals surface area contributed by atoms with Crippen LogP contribution in [0.25, 0.3) is 11.1 Å². The summed E-state index contributed by atoms with van der Waals surface area (Å²) in [7, 11) is 0. The zero-order valence-electron chi connectivity index (χ0n) is 19.0. The minimum Gasteiger partial charge on any atom is -0.481 e. The van der Waals surface area contributed by atoms with Gasteiger partial charge in [-0.05, 0) is 61.2 Å². The van der Waals surface area contributed by atoms with Crippen LogP contribution >= 0.6 is 0 Å². The van der Waals surface area contributed by atoms with Gasteiger partial charge in [-0.15, -0.1) is 0 Å². The van der Waals surface area contributed by atoms with Crippen LogP contribution in [0, 0.1) is 0 Å². The number of anilines is 1. The van der Waals surface area contributed by atoms with Crippen LogP contribution in [0.2, 0.25) is 0 Å². The summed E-state index contributed by atoms with van der Waals surface area (Å²) >= 11 is 0. The number of fused-ring (bicyclic) bond motifs is 1. The second-order valence-corrected chi connectivity index (χ2v) is 8.14. The van der Waals surface area contributed by atoms with Crippen LogP contribution in [0.4, 0.5) is 5.69 Å². The van der Waals surface area contributed by atoms with E-state index < -0.39 is 12.2 Å². The number of hydrogen-bond acceptors (Lipinski definition) is 4. The van der Waals surface area contributed by atoms with Crippen LogP contribution in [-0.2, 0) is 9.59 Å². The number of carbonyl (C=O) groups excluding carboxylic acids is 2. The van der Waals surface area contributed by atoms with Gasteiger partial charge in [-0.1, -0.05) is 55.5 Å². The van der Waals surface area contributed by atoms with Gasteiger partial charge in [0.05, 0.1) is 11.7 Å². The fraction of sp³-hybridized carbons (Fsp3) is 0.259. The topological polar surface area (TPSA) is 76.7 Å². The molecule has 0 saturated heterocycles. The lowest BCUT2D eigenvalue weighted by Gasteiger charge is -2.26. The molecule has 0 spiro atoms. The SMILES string of the molecule is CC[C@@H]1Oc2cc([C@H](C)NC(=O)[C@H](C)Oc3ccc(-c4ccccc4)cc3)ccc2NC1=O. The minimum atomic E-state index is -0.660. The summed E-state index contributed by atoms with van der Waals surface area (Å²) in [6, 6.07) is 23.1. The van der Waals surface area contributed by atoms with Crippen LogP contribution < -0.4 is 20.1 Å². The van der Waals surface area contributed by atoms with Gasteiger partial charge in [-0.3, -0.25) is 9.59 Å². The molecule has 33 heavy (non-hydrogen) atoms. The maximum absolute atomic E-state index is 12.7. The molecule has 0 fully saturated rings. The van der Waals surface area contributed by atoms with Crippen molar-refractivity contribution in [1.82, 2.24) is 5.32 Å². The van der Waals surface area contributed by atoms with Gasteiger partial charge in [-0.25, -0.2) is 0 Å². The van der Waals surface area contributed by atoms with Crippen molar-refractivity contribution < 1.29 is 19.1 Å². The summed E-state index contributed by atoms with van der Waals surface area (Å²) < 4.78 is 11.7. The van der Waals surface area contributed by atoms with Crippen molar-refractivity contribution in [3.63, 3.8) is 0 Å². The molecule has 3 atom stereocenters. The number of hydrogen-bond donors (Lipinski definition) is 2. The molecular formula is C27H28N2O4. The molecule has 3 aromatic carbocycles. The Kier molecular flexibility index (Phi) is 6.63. The maximum atomic E-state index is 12.7. The van der Waals surface area contributed by atoms with Crippen molar-refractivity contribution >= 4 is 17.5 Å². The van der Waals surface area contributed by atoms with Gasteiger partial charge >= 0.3 is 0 Å². The fourth-order valence-corrected chi connectivity index (χ4v) is 3.73. The summed E-state index contributed by atoms with van der Waals surface area (Å²) in [5, 5.41) is 5.84. The van der Waals surface area contributed by atoms with E-state index in [1.54, 1.807) is 13.0 Å². The third-order valence-electron chi connectivity index (χ3n) is 5.70. The number of carbonyl (C=O) groups is 2. The second kappa shape index (κ2) is 9.77. The lowest BCUT2D eigenvalue weighted by atomic mass is 10.1. The van der Waals surface area contributed by atoms with E-state index in [4.69, 9.17) is 9.47 Å². The van der Waals surface area contributed by atoms with E-state index in [2.05, 4.69) is 22.8 Å². The quantitative estimate of drug-likeness (QED) is 0.531. The third-order valence-corrected chi connectivity index (χ3v) is 5.70. The minimum absolute atomic E-state index is 0.137. The number of benzene rings is 3. The normalized spacial score (nSPS) is 16.6. The van der Waals surface area contributed by atoms with Gasteiger partial charge < -0.3 is 20.1 Å². The molecule has 2 N–H and O–H groups in total. The average molecular weight is 445 g/mol. The second-order valence-electron chi connectivity index (χ2n) is 8.14. The maximum Gasteiger partial charge on any atom is 0.265 e. The highest BCUT2D eigenvalue weighted by molar-refractivity contribution is 5.97. The van der Waals surface area contributed by atoms with Crippen molar-refractivity contribution in [1.29, 1.82) is 0 Å². The Hall–Kier alpha value is -3.80. The van der Waals surface area contributed by atoms with Crippen molar-refractivity contribution in [2.45, 2.75) is 45.4 Å². The molecule has 0 unspecified atom stereocenters. The Labute approximate surface area is 193 Å². The molecule has 1 aliphatic rings. The molecule has 1 heterocycles.